The number of nitrogens with zero attached hydrogens (tertiary/aromatic N) is 21. The number of anilines is 4. The molecule has 4 amide bonds. The summed E-state index contributed by atoms with van der Waals surface area (Å²) >= 11 is 7.33. The Morgan fingerprint density at radius 3 is 1.05 bits per heavy atom. The molecule has 18 aromatic rings. The number of pyridine rings is 9. The van der Waals surface area contributed by atoms with Crippen LogP contribution < -0.4 is 51.9 Å². The summed E-state index contributed by atoms with van der Waals surface area (Å²) < 4.78 is 22.7. The summed E-state index contributed by atoms with van der Waals surface area (Å²) in [6.45, 7) is 22.2. The van der Waals surface area contributed by atoms with Crippen molar-refractivity contribution < 1.29 is 28.7 Å². The summed E-state index contributed by atoms with van der Waals surface area (Å²) in [6, 6.07) is 50.7. The predicted molar refractivity (Wildman–Crippen MR) is 574 cm³/mol. The van der Waals surface area contributed by atoms with Crippen LogP contribution in [0.25, 0.3) is 104 Å². The molecule has 38 heteroatoms. The topological polar surface area (TPSA) is 310 Å². The zero-order valence-electron chi connectivity index (χ0n) is 80.5. The van der Waals surface area contributed by atoms with Crippen molar-refractivity contribution in [2.75, 3.05) is 225 Å². The van der Waals surface area contributed by atoms with E-state index < -0.39 is 5.91 Å². The molecule has 0 atom stereocenters. The maximum Gasteiger partial charge on any atom is 0.261 e. The van der Waals surface area contributed by atoms with Gasteiger partial charge in [-0.15, -0.1) is 56.7 Å². The Kier molecular flexibility index (Phi) is 28.4. The van der Waals surface area contributed by atoms with Crippen molar-refractivity contribution in [3.8, 4) is 0 Å². The number of para-hydroxylation sites is 4. The van der Waals surface area contributed by atoms with Crippen molar-refractivity contribution in [2.45, 2.75) is 38.8 Å². The summed E-state index contributed by atoms with van der Waals surface area (Å²) in [6.07, 6.45) is 9.32. The molecule has 4 aromatic carbocycles. The largest absolute Gasteiger partial charge is 0.383 e. The number of morpholine rings is 1. The molecule has 24 rings (SSSR count). The van der Waals surface area contributed by atoms with Gasteiger partial charge in [0.25, 0.3) is 23.6 Å². The van der Waals surface area contributed by atoms with Crippen LogP contribution in [0.2, 0.25) is 0 Å². The molecule has 6 aliphatic heterocycles. The van der Waals surface area contributed by atoms with Crippen LogP contribution in [-0.4, -0.2) is 311 Å². The van der Waals surface area contributed by atoms with Crippen LogP contribution in [0.4, 0.5) is 23.3 Å². The molecule has 0 spiro atoms. The van der Waals surface area contributed by atoms with E-state index in [1.807, 2.05) is 186 Å². The second-order valence-corrected chi connectivity index (χ2v) is 42.2. The van der Waals surface area contributed by atoms with Gasteiger partial charge in [-0.1, -0.05) is 48.5 Å². The van der Waals surface area contributed by atoms with Crippen LogP contribution in [0.3, 0.4) is 0 Å². The van der Waals surface area contributed by atoms with Crippen LogP contribution in [0.1, 0.15) is 77.7 Å². The minimum absolute atomic E-state index is 0.154. The summed E-state index contributed by atoms with van der Waals surface area (Å²) in [5.41, 5.74) is 6.89. The first kappa shape index (κ1) is 95.9. The normalized spacial score (nSPS) is 16.6. The molecule has 143 heavy (non-hydrogen) atoms. The molecule has 6 fully saturated rings. The predicted octanol–water partition coefficient (Wildman–Crippen LogP) is 12.4. The van der Waals surface area contributed by atoms with Gasteiger partial charge in [0.15, 0.2) is 22.6 Å². The number of hydrogen-bond acceptors (Lipinski definition) is 30. The van der Waals surface area contributed by atoms with E-state index in [1.54, 1.807) is 30.6 Å². The number of carbonyl (C=O) groups excluding carboxylic acids is 4. The van der Waals surface area contributed by atoms with Gasteiger partial charge >= 0.3 is 0 Å². The van der Waals surface area contributed by atoms with Crippen LogP contribution in [0, 0.1) is 0 Å². The van der Waals surface area contributed by atoms with Crippen LogP contribution in [0.15, 0.2) is 201 Å². The number of amides is 4. The first-order chi connectivity index (χ1) is 69.9. The number of aromatic nitrogens is 10. The first-order valence-electron chi connectivity index (χ1n) is 48.8. The number of piperazine rings is 1. The fraction of sp³-hybridized carbons (Fsp3) is 0.352. The van der Waals surface area contributed by atoms with E-state index in [0.717, 1.165) is 225 Å². The minimum Gasteiger partial charge on any atom is -0.383 e. The lowest BCUT2D eigenvalue weighted by Gasteiger charge is -2.34. The number of carbonyl (C=O) groups is 4. The summed E-state index contributed by atoms with van der Waals surface area (Å²) in [5.74, 6) is 2.28. The number of fused-ring (bicyclic) bond motifs is 20. The molecular weight excluding hydrogens is 1900 g/mol. The van der Waals surface area contributed by atoms with Crippen molar-refractivity contribution in [3.05, 3.63) is 255 Å². The fourth-order valence-corrected chi connectivity index (χ4v) is 25.2. The second kappa shape index (κ2) is 42.4. The number of nitrogens with one attached hydrogen (secondary N) is 2. The number of methoxy groups -OCH3 is 1. The van der Waals surface area contributed by atoms with Crippen LogP contribution in [0.5, 0.6) is 0 Å². The number of benzene rings is 4. The standard InChI is InChI=1S/C28H34N6O3S.C27H26N6O2S.C25H24N6O2S2.C25H27N5O3S/c1-30-10-5-11-32(15-12-30)23-9-8-20-25(35)24(27(36)33-16-13-31(14-17-33)18-19-37-2)28-34(26(20)29-23)21-6-3-4-7-22(21)38-28;1-31-13-4-14-32(16-15-31)22-8-7-19-24(34)23(26(35)29-17-18-9-11-28-12-10-18)27-33(25(19)30-22)20-5-2-3-6-21(20)36-27;1-29-10-4-11-30(13-12-29)19-8-7-16-22(32)21(24(33)27-15-20-26-9-14-34-20)25-31(23(16)28-19)17-5-2-3-6-18(17)35-25;1-27-9-4-10-28(12-11-27)20-8-7-17-22(31)21(24(32)29-13-15-33-16-14-29)25-30(23(17)26-20)18-5-2-3-6-19(18)34-25/h3-4,6-9H,5,10-19H2,1-2H3;2-3,5-12H,4,13-17H2,1H3,(H,29,35);2-3,5-9,14H,4,10-13,15H2,1H3,(H,27,33);2-3,5-8H,4,9-16H2,1H3. The number of rotatable bonds is 15. The third-order valence-corrected chi connectivity index (χ3v) is 33.2. The quantitative estimate of drug-likeness (QED) is 0.0963. The van der Waals surface area contributed by atoms with E-state index in [1.165, 1.54) is 56.7 Å². The summed E-state index contributed by atoms with van der Waals surface area (Å²) in [5, 5.41) is 10.3. The number of ether oxygens (including phenoxy) is 2. The van der Waals surface area contributed by atoms with Gasteiger partial charge in [-0.05, 0) is 195 Å². The molecule has 6 saturated heterocycles. The van der Waals surface area contributed by atoms with Gasteiger partial charge in [0.05, 0.1) is 88.8 Å². The van der Waals surface area contributed by atoms with Crippen molar-refractivity contribution in [1.82, 2.24) is 92.4 Å². The van der Waals surface area contributed by atoms with E-state index >= 15 is 0 Å². The Hall–Kier alpha value is -13.2. The Balaban J connectivity index is 0.000000113. The number of likely N-dealkylation sites (N-methyl/N-ethyl adjacent to an activating group) is 4. The molecular formula is C105H111N23O10S5. The third kappa shape index (κ3) is 19.5. The zero-order valence-corrected chi connectivity index (χ0v) is 84.5. The van der Waals surface area contributed by atoms with Gasteiger partial charge in [0.1, 0.15) is 69.9 Å². The van der Waals surface area contributed by atoms with Gasteiger partial charge in [-0.25, -0.2) is 24.9 Å². The average molecular weight is 2020 g/mol. The van der Waals surface area contributed by atoms with E-state index in [4.69, 9.17) is 29.4 Å². The minimum atomic E-state index is -0.393. The van der Waals surface area contributed by atoms with Gasteiger partial charge < -0.3 is 69.1 Å². The lowest BCUT2D eigenvalue weighted by molar-refractivity contribution is 0.0303. The number of hydrogen-bond donors (Lipinski definition) is 2. The molecule has 2 N–H and O–H groups in total. The molecule has 0 saturated carbocycles. The highest BCUT2D eigenvalue weighted by atomic mass is 32.1. The second-order valence-electron chi connectivity index (χ2n) is 37.1. The van der Waals surface area contributed by atoms with E-state index in [0.29, 0.717) is 116 Å². The van der Waals surface area contributed by atoms with Crippen molar-refractivity contribution in [1.29, 1.82) is 0 Å². The van der Waals surface area contributed by atoms with Crippen LogP contribution >= 0.6 is 56.7 Å². The molecule has 14 aromatic heterocycles. The molecule has 0 aliphatic carbocycles. The summed E-state index contributed by atoms with van der Waals surface area (Å²) in [7, 11) is 10.3. The van der Waals surface area contributed by atoms with Crippen molar-refractivity contribution >= 4 is 208 Å². The molecule has 6 aliphatic rings. The van der Waals surface area contributed by atoms with Gasteiger partial charge in [0.2, 0.25) is 21.7 Å². The van der Waals surface area contributed by atoms with E-state index in [2.05, 4.69) is 92.9 Å². The molecule has 33 nitrogen and oxygen atoms in total. The summed E-state index contributed by atoms with van der Waals surface area (Å²) in [4.78, 5) is 164. The first-order valence-corrected chi connectivity index (χ1v) is 52.9. The van der Waals surface area contributed by atoms with Gasteiger partial charge in [-0.3, -0.25) is 65.8 Å². The number of thiazole rings is 5. The maximum absolute atomic E-state index is 14.0. The van der Waals surface area contributed by atoms with Gasteiger partial charge in [-0.2, -0.15) is 0 Å². The third-order valence-electron chi connectivity index (χ3n) is 27.8. The molecule has 0 bridgehead atoms. The molecule has 736 valence electrons. The SMILES string of the molecule is CN1CCCN(c2ccc3c(=O)c(C(=O)N4CCOCC4)c4sc5ccccc5n4c3n2)CC1.CN1CCCN(c2ccc3c(=O)c(C(=O)NCc4ccncc4)c4sc5ccccc5n4c3n2)CC1.CN1CCCN(c2ccc3c(=O)c(C(=O)NCc4nccs4)c4sc5ccccc5n4c3n2)CC1.COCCN1CCN(C(=O)c2c(=O)c3ccc(N4CCCN(C)CC4)nc3n3c2sc2ccccc23)CC1. The monoisotopic (exact) mass is 2010 g/mol. The highest BCUT2D eigenvalue weighted by Gasteiger charge is 2.34. The molecule has 0 radical (unpaired) electrons. The Morgan fingerprint density at radius 2 is 0.699 bits per heavy atom. The average Bonchev–Trinajstić information content (AvgIpc) is 1.59. The maximum atomic E-state index is 14.0. The Labute approximate surface area is 842 Å². The highest BCUT2D eigenvalue weighted by molar-refractivity contribution is 7.25. The van der Waals surface area contributed by atoms with Crippen molar-refractivity contribution in [3.63, 3.8) is 0 Å². The van der Waals surface area contributed by atoms with Gasteiger partial charge in [0, 0.05) is 162 Å². The van der Waals surface area contributed by atoms with Crippen LogP contribution in [-0.2, 0) is 22.6 Å². The van der Waals surface area contributed by atoms with E-state index in [9.17, 15) is 38.4 Å². The highest BCUT2D eigenvalue weighted by Crippen LogP contribution is 2.39. The molecule has 0 unspecified atom stereocenters. The smallest absolute Gasteiger partial charge is 0.261 e. The zero-order chi connectivity index (χ0) is 98.0. The lowest BCUT2D eigenvalue weighted by atomic mass is 10.1. The Bertz CT molecular complexity index is 8130. The Morgan fingerprint density at radius 1 is 0.364 bits per heavy atom. The molecule has 20 heterocycles. The lowest BCUT2D eigenvalue weighted by Crippen LogP contribution is -2.50. The fourth-order valence-electron chi connectivity index (χ4n) is 19.9. The van der Waals surface area contributed by atoms with Crippen molar-refractivity contribution in [2.24, 2.45) is 0 Å². The van der Waals surface area contributed by atoms with E-state index in [-0.39, 0.29) is 68.2 Å².